The smallest absolute Gasteiger partial charge is 0.152 e. The first-order valence-electron chi connectivity index (χ1n) is 5.89. The van der Waals surface area contributed by atoms with E-state index in [1.54, 1.807) is 35.2 Å². The number of phenolic OH excluding ortho intramolecular Hbond substituents is 1. The Hall–Kier alpha value is -1.83. The molecule has 4 N–H and O–H groups in total. The molecule has 1 aromatic carbocycles. The zero-order chi connectivity index (χ0) is 13.9. The number of anilines is 1. The Labute approximate surface area is 123 Å². The van der Waals surface area contributed by atoms with Crippen molar-refractivity contribution in [2.45, 2.75) is 10.6 Å². The fourth-order valence-corrected chi connectivity index (χ4v) is 3.38. The summed E-state index contributed by atoms with van der Waals surface area (Å²) in [7, 11) is 0. The second kappa shape index (κ2) is 5.66. The first kappa shape index (κ1) is 13.2. The molecule has 3 rings (SSSR count). The van der Waals surface area contributed by atoms with Crippen molar-refractivity contribution >= 4 is 39.1 Å². The highest BCUT2D eigenvalue weighted by molar-refractivity contribution is 7.98. The number of benzene rings is 1. The van der Waals surface area contributed by atoms with Crippen molar-refractivity contribution in [1.82, 2.24) is 9.97 Å². The molecule has 0 fully saturated rings. The molecule has 0 radical (unpaired) electrons. The topological polar surface area (TPSA) is 84.1 Å². The monoisotopic (exact) mass is 304 g/mol. The van der Waals surface area contributed by atoms with Gasteiger partial charge in [-0.2, -0.15) is 0 Å². The Bertz CT molecular complexity index is 744. The maximum Gasteiger partial charge on any atom is 0.152 e. The van der Waals surface area contributed by atoms with Gasteiger partial charge in [0.25, 0.3) is 0 Å². The Balaban J connectivity index is 1.83. The Kier molecular flexibility index (Phi) is 3.72. The van der Waals surface area contributed by atoms with Crippen molar-refractivity contribution in [2.75, 3.05) is 5.43 Å². The molecule has 20 heavy (non-hydrogen) atoms. The number of thioether (sulfide) groups is 1. The number of nitrogen functional groups attached to an aromatic ring is 1. The van der Waals surface area contributed by atoms with E-state index in [1.165, 1.54) is 0 Å². The normalized spacial score (nSPS) is 10.8. The minimum absolute atomic E-state index is 0.258. The minimum Gasteiger partial charge on any atom is -0.508 e. The van der Waals surface area contributed by atoms with Gasteiger partial charge in [-0.15, -0.1) is 23.1 Å². The van der Waals surface area contributed by atoms with E-state index in [4.69, 9.17) is 5.84 Å². The maximum atomic E-state index is 9.44. The number of phenols is 1. The lowest BCUT2D eigenvalue weighted by Crippen LogP contribution is -2.10. The van der Waals surface area contributed by atoms with Crippen LogP contribution in [0.4, 0.5) is 5.82 Å². The van der Waals surface area contributed by atoms with Gasteiger partial charge >= 0.3 is 0 Å². The third-order valence-corrected chi connectivity index (χ3v) is 4.49. The molecular weight excluding hydrogens is 292 g/mol. The fourth-order valence-electron chi connectivity index (χ4n) is 1.80. The van der Waals surface area contributed by atoms with Crippen LogP contribution in [0.15, 0.2) is 40.6 Å². The van der Waals surface area contributed by atoms with Crippen LogP contribution in [0.3, 0.4) is 0 Å². The van der Waals surface area contributed by atoms with Crippen LogP contribution in [0.1, 0.15) is 5.82 Å². The molecule has 7 heteroatoms. The van der Waals surface area contributed by atoms with E-state index < -0.39 is 0 Å². The number of fused-ring (bicyclic) bond motifs is 1. The number of thiophene rings is 1. The lowest BCUT2D eigenvalue weighted by Gasteiger charge is -2.05. The van der Waals surface area contributed by atoms with E-state index in [0.29, 0.717) is 17.4 Å². The second-order valence-corrected chi connectivity index (χ2v) is 6.00. The molecule has 0 saturated carbocycles. The number of nitrogens with two attached hydrogens (primary N) is 1. The van der Waals surface area contributed by atoms with Gasteiger partial charge in [-0.3, -0.25) is 0 Å². The summed E-state index contributed by atoms with van der Waals surface area (Å²) in [6.07, 6.45) is 0. The molecule has 5 nitrogen and oxygen atoms in total. The highest BCUT2D eigenvalue weighted by Crippen LogP contribution is 2.28. The van der Waals surface area contributed by atoms with E-state index >= 15 is 0 Å². The summed E-state index contributed by atoms with van der Waals surface area (Å²) in [6.45, 7) is 0. The van der Waals surface area contributed by atoms with Crippen molar-refractivity contribution in [2.24, 2.45) is 5.84 Å². The van der Waals surface area contributed by atoms with Gasteiger partial charge in [0.05, 0.1) is 11.1 Å². The molecule has 0 aliphatic carbocycles. The summed E-state index contributed by atoms with van der Waals surface area (Å²) in [5.41, 5.74) is 2.61. The van der Waals surface area contributed by atoms with Crippen molar-refractivity contribution in [1.29, 1.82) is 0 Å². The first-order chi connectivity index (χ1) is 9.76. The van der Waals surface area contributed by atoms with Crippen molar-refractivity contribution in [3.63, 3.8) is 0 Å². The predicted molar refractivity (Wildman–Crippen MR) is 82.9 cm³/mol. The van der Waals surface area contributed by atoms with Crippen molar-refractivity contribution < 1.29 is 5.11 Å². The molecule has 102 valence electrons. The Morgan fingerprint density at radius 2 is 2.20 bits per heavy atom. The van der Waals surface area contributed by atoms with Gasteiger partial charge in [0, 0.05) is 4.90 Å². The molecule has 0 amide bonds. The van der Waals surface area contributed by atoms with E-state index in [-0.39, 0.29) is 5.75 Å². The molecular formula is C13H12N4OS2. The number of hydrazine groups is 1. The second-order valence-electron chi connectivity index (χ2n) is 4.06. The van der Waals surface area contributed by atoms with Crippen LogP contribution in [0.25, 0.3) is 10.2 Å². The number of aromatic nitrogens is 2. The fraction of sp³-hybridized carbons (Fsp3) is 0.0769. The van der Waals surface area contributed by atoms with Crippen LogP contribution in [-0.2, 0) is 5.75 Å². The van der Waals surface area contributed by atoms with Crippen LogP contribution < -0.4 is 11.3 Å². The highest BCUT2D eigenvalue weighted by atomic mass is 32.2. The molecule has 0 unspecified atom stereocenters. The average Bonchev–Trinajstić information content (AvgIpc) is 2.92. The number of nitrogens with zero attached hydrogens (tertiary/aromatic N) is 2. The summed E-state index contributed by atoms with van der Waals surface area (Å²) in [6, 6.07) is 9.07. The lowest BCUT2D eigenvalue weighted by atomic mass is 10.3. The molecule has 0 aliphatic heterocycles. The molecule has 0 spiro atoms. The SMILES string of the molecule is NNc1nc(CSc2cccc(O)c2)nc2sccc12. The molecule has 2 aromatic heterocycles. The molecule has 0 bridgehead atoms. The maximum absolute atomic E-state index is 9.44. The largest absolute Gasteiger partial charge is 0.508 e. The van der Waals surface area contributed by atoms with Crippen LogP contribution in [0, 0.1) is 0 Å². The first-order valence-corrected chi connectivity index (χ1v) is 7.75. The number of hydrogen-bond donors (Lipinski definition) is 3. The van der Waals surface area contributed by atoms with Crippen molar-refractivity contribution in [3.8, 4) is 5.75 Å². The van der Waals surface area contributed by atoms with Gasteiger partial charge in [0.1, 0.15) is 16.4 Å². The molecule has 0 saturated heterocycles. The summed E-state index contributed by atoms with van der Waals surface area (Å²) < 4.78 is 0. The van der Waals surface area contributed by atoms with Crippen LogP contribution in [0.5, 0.6) is 5.75 Å². The Morgan fingerprint density at radius 1 is 1.30 bits per heavy atom. The zero-order valence-corrected chi connectivity index (χ0v) is 12.0. The van der Waals surface area contributed by atoms with E-state index in [1.807, 2.05) is 23.6 Å². The lowest BCUT2D eigenvalue weighted by molar-refractivity contribution is 0.474. The van der Waals surface area contributed by atoms with Gasteiger partial charge in [0.15, 0.2) is 5.82 Å². The van der Waals surface area contributed by atoms with Gasteiger partial charge in [-0.25, -0.2) is 15.8 Å². The quantitative estimate of drug-likeness (QED) is 0.390. The Morgan fingerprint density at radius 3 is 3.00 bits per heavy atom. The van der Waals surface area contributed by atoms with E-state index in [2.05, 4.69) is 15.4 Å². The third kappa shape index (κ3) is 2.69. The minimum atomic E-state index is 0.258. The summed E-state index contributed by atoms with van der Waals surface area (Å²) >= 11 is 3.13. The number of hydrogen-bond acceptors (Lipinski definition) is 7. The third-order valence-electron chi connectivity index (χ3n) is 2.69. The summed E-state index contributed by atoms with van der Waals surface area (Å²) in [5.74, 6) is 7.72. The van der Waals surface area contributed by atoms with Gasteiger partial charge in [-0.1, -0.05) is 6.07 Å². The van der Waals surface area contributed by atoms with Gasteiger partial charge in [-0.05, 0) is 29.6 Å². The van der Waals surface area contributed by atoms with Crippen LogP contribution in [0.2, 0.25) is 0 Å². The summed E-state index contributed by atoms with van der Waals surface area (Å²) in [4.78, 5) is 10.8. The average molecular weight is 304 g/mol. The summed E-state index contributed by atoms with van der Waals surface area (Å²) in [5, 5.41) is 12.3. The molecule has 0 aliphatic rings. The van der Waals surface area contributed by atoms with Gasteiger partial charge < -0.3 is 10.5 Å². The van der Waals surface area contributed by atoms with Crippen LogP contribution >= 0.6 is 23.1 Å². The predicted octanol–water partition coefficient (Wildman–Crippen LogP) is 2.97. The standard InChI is InChI=1S/C13H12N4OS2/c14-17-12-10-4-5-19-13(10)16-11(15-12)7-20-9-3-1-2-8(18)6-9/h1-6,18H,7,14H2,(H,15,16,17). The van der Waals surface area contributed by atoms with E-state index in [0.717, 1.165) is 15.1 Å². The molecule has 3 aromatic rings. The number of aromatic hydroxyl groups is 1. The molecule has 0 atom stereocenters. The van der Waals surface area contributed by atoms with Gasteiger partial charge in [0.2, 0.25) is 0 Å². The number of nitrogens with one attached hydrogen (secondary N) is 1. The van der Waals surface area contributed by atoms with Crippen LogP contribution in [-0.4, -0.2) is 15.1 Å². The van der Waals surface area contributed by atoms with E-state index in [9.17, 15) is 5.11 Å². The molecule has 2 heterocycles. The highest BCUT2D eigenvalue weighted by Gasteiger charge is 2.08. The zero-order valence-electron chi connectivity index (χ0n) is 10.4. The van der Waals surface area contributed by atoms with Crippen molar-refractivity contribution in [3.05, 3.63) is 41.5 Å². The number of rotatable bonds is 4.